The lowest BCUT2D eigenvalue weighted by Crippen LogP contribution is -2.44. The first-order valence-corrected chi connectivity index (χ1v) is 16.2. The van der Waals surface area contributed by atoms with E-state index in [9.17, 15) is 4.79 Å². The van der Waals surface area contributed by atoms with Gasteiger partial charge in [-0.3, -0.25) is 4.79 Å². The predicted octanol–water partition coefficient (Wildman–Crippen LogP) is 9.86. The Labute approximate surface area is 233 Å². The third kappa shape index (κ3) is 8.20. The molecule has 4 rings (SSSR count). The SMILES string of the molecule is CCCCCCCC/C=C\CCCCCCCC(=O)Oc1ccc2c(c1)CCC1C2CC[C@]2(C)OCCC12. The molecule has 3 aliphatic rings. The summed E-state index contributed by atoms with van der Waals surface area (Å²) in [7, 11) is 0. The number of carbonyl (C=O) groups is 1. The number of unbranched alkanes of at least 4 members (excludes halogenated alkanes) is 11. The minimum atomic E-state index is -0.0761. The number of benzene rings is 1. The van der Waals surface area contributed by atoms with Crippen LogP contribution in [0, 0.1) is 11.8 Å². The van der Waals surface area contributed by atoms with E-state index in [1.54, 1.807) is 0 Å². The number of fused-ring (bicyclic) bond motifs is 5. The summed E-state index contributed by atoms with van der Waals surface area (Å²) in [4.78, 5) is 12.5. The molecule has 38 heavy (non-hydrogen) atoms. The van der Waals surface area contributed by atoms with E-state index < -0.39 is 0 Å². The maximum Gasteiger partial charge on any atom is 0.311 e. The van der Waals surface area contributed by atoms with Gasteiger partial charge in [-0.15, -0.1) is 0 Å². The Morgan fingerprint density at radius 3 is 2.42 bits per heavy atom. The Hall–Kier alpha value is -1.61. The number of rotatable bonds is 16. The van der Waals surface area contributed by atoms with E-state index in [0.717, 1.165) is 37.5 Å². The van der Waals surface area contributed by atoms with Crippen LogP contribution in [0.15, 0.2) is 30.4 Å². The number of allylic oxidation sites excluding steroid dienone is 2. The highest BCUT2D eigenvalue weighted by atomic mass is 16.5. The summed E-state index contributed by atoms with van der Waals surface area (Å²) in [6, 6.07) is 6.45. The lowest BCUT2D eigenvalue weighted by atomic mass is 9.59. The molecule has 1 saturated carbocycles. The minimum Gasteiger partial charge on any atom is -0.427 e. The zero-order chi connectivity index (χ0) is 26.6. The molecular formula is C35H54O3. The summed E-state index contributed by atoms with van der Waals surface area (Å²) in [5.41, 5.74) is 3.02. The van der Waals surface area contributed by atoms with Crippen LogP contribution >= 0.6 is 0 Å². The second kappa shape index (κ2) is 15.2. The van der Waals surface area contributed by atoms with Gasteiger partial charge in [-0.2, -0.15) is 0 Å². The molecule has 3 nitrogen and oxygen atoms in total. The number of hydrogen-bond acceptors (Lipinski definition) is 3. The topological polar surface area (TPSA) is 35.5 Å². The summed E-state index contributed by atoms with van der Waals surface area (Å²) in [5, 5.41) is 0. The van der Waals surface area contributed by atoms with E-state index in [-0.39, 0.29) is 11.6 Å². The van der Waals surface area contributed by atoms with Gasteiger partial charge < -0.3 is 9.47 Å². The van der Waals surface area contributed by atoms with Crippen LogP contribution in [0.2, 0.25) is 0 Å². The Bertz CT molecular complexity index is 889. The van der Waals surface area contributed by atoms with Crippen LogP contribution in [-0.2, 0) is 16.0 Å². The van der Waals surface area contributed by atoms with Crippen LogP contribution in [0.25, 0.3) is 0 Å². The monoisotopic (exact) mass is 522 g/mol. The average molecular weight is 523 g/mol. The van der Waals surface area contributed by atoms with E-state index in [1.165, 1.54) is 107 Å². The minimum absolute atomic E-state index is 0.0761. The smallest absolute Gasteiger partial charge is 0.311 e. The number of hydrogen-bond donors (Lipinski definition) is 0. The molecule has 0 radical (unpaired) electrons. The van der Waals surface area contributed by atoms with Crippen molar-refractivity contribution in [3.05, 3.63) is 41.5 Å². The predicted molar refractivity (Wildman–Crippen MR) is 158 cm³/mol. The molecule has 1 saturated heterocycles. The molecule has 1 aromatic carbocycles. The van der Waals surface area contributed by atoms with Gasteiger partial charge in [0.1, 0.15) is 5.75 Å². The van der Waals surface area contributed by atoms with Crippen LogP contribution in [-0.4, -0.2) is 18.2 Å². The standard InChI is InChI=1S/C35H54O3/c1-3-4-5-6-7-8-9-10-11-12-13-14-15-16-17-18-34(36)38-29-20-22-30-28(27-29)19-21-32-31(30)23-25-35(2)33(32)24-26-37-35/h10-11,20,22,27,31-33H,3-9,12-19,21,23-26H2,1-2H3/b11-10-/t31?,32?,33?,35-/m0/s1. The summed E-state index contributed by atoms with van der Waals surface area (Å²) in [5.74, 6) is 2.77. The summed E-state index contributed by atoms with van der Waals surface area (Å²) >= 11 is 0. The van der Waals surface area contributed by atoms with E-state index in [0.29, 0.717) is 18.3 Å². The molecule has 3 heteroatoms. The Morgan fingerprint density at radius 2 is 1.66 bits per heavy atom. The van der Waals surface area contributed by atoms with Gasteiger partial charge in [-0.05, 0) is 112 Å². The van der Waals surface area contributed by atoms with Crippen molar-refractivity contribution in [2.75, 3.05) is 6.61 Å². The second-order valence-corrected chi connectivity index (χ2v) is 12.6. The average Bonchev–Trinajstić information content (AvgIpc) is 3.32. The third-order valence-electron chi connectivity index (χ3n) is 9.77. The van der Waals surface area contributed by atoms with Gasteiger partial charge in [-0.1, -0.05) is 76.5 Å². The molecule has 1 aromatic rings. The highest BCUT2D eigenvalue weighted by molar-refractivity contribution is 5.72. The molecule has 1 aliphatic heterocycles. The van der Waals surface area contributed by atoms with Crippen molar-refractivity contribution < 1.29 is 14.3 Å². The highest BCUT2D eigenvalue weighted by Crippen LogP contribution is 2.55. The van der Waals surface area contributed by atoms with Crippen molar-refractivity contribution in [2.24, 2.45) is 11.8 Å². The molecule has 0 spiro atoms. The second-order valence-electron chi connectivity index (χ2n) is 12.6. The Kier molecular flexibility index (Phi) is 11.8. The lowest BCUT2D eigenvalue weighted by molar-refractivity contribution is -0.134. The summed E-state index contributed by atoms with van der Waals surface area (Å²) < 4.78 is 11.9. The first-order chi connectivity index (χ1) is 18.6. The number of carbonyl (C=O) groups excluding carboxylic acids is 1. The third-order valence-corrected chi connectivity index (χ3v) is 9.77. The highest BCUT2D eigenvalue weighted by Gasteiger charge is 2.51. The van der Waals surface area contributed by atoms with Gasteiger partial charge in [0.2, 0.25) is 0 Å². The molecule has 212 valence electrons. The Balaban J connectivity index is 1.06. The molecular weight excluding hydrogens is 468 g/mol. The van der Waals surface area contributed by atoms with Gasteiger partial charge in [0, 0.05) is 13.0 Å². The van der Waals surface area contributed by atoms with Crippen molar-refractivity contribution in [2.45, 2.75) is 147 Å². The maximum absolute atomic E-state index is 12.5. The fraction of sp³-hybridized carbons (Fsp3) is 0.743. The van der Waals surface area contributed by atoms with Gasteiger partial charge in [0.15, 0.2) is 0 Å². The normalized spacial score (nSPS) is 26.2. The summed E-state index contributed by atoms with van der Waals surface area (Å²) in [6.45, 7) is 5.55. The van der Waals surface area contributed by atoms with Crippen molar-refractivity contribution in [1.82, 2.24) is 0 Å². The zero-order valence-corrected chi connectivity index (χ0v) is 24.5. The lowest BCUT2D eigenvalue weighted by Gasteiger charge is -2.48. The Morgan fingerprint density at radius 1 is 0.947 bits per heavy atom. The van der Waals surface area contributed by atoms with Gasteiger partial charge in [-0.25, -0.2) is 0 Å². The molecule has 0 amide bonds. The molecule has 4 atom stereocenters. The largest absolute Gasteiger partial charge is 0.427 e. The van der Waals surface area contributed by atoms with Crippen LogP contribution in [0.3, 0.4) is 0 Å². The van der Waals surface area contributed by atoms with Gasteiger partial charge in [0.05, 0.1) is 5.60 Å². The number of aryl methyl sites for hydroxylation is 1. The molecule has 3 unspecified atom stereocenters. The van der Waals surface area contributed by atoms with Gasteiger partial charge in [0.25, 0.3) is 0 Å². The van der Waals surface area contributed by atoms with Crippen molar-refractivity contribution >= 4 is 5.97 Å². The van der Waals surface area contributed by atoms with Crippen molar-refractivity contribution in [3.8, 4) is 5.75 Å². The number of esters is 1. The van der Waals surface area contributed by atoms with Crippen molar-refractivity contribution in [1.29, 1.82) is 0 Å². The molecule has 0 aromatic heterocycles. The molecule has 0 N–H and O–H groups in total. The first kappa shape index (κ1) is 29.4. The van der Waals surface area contributed by atoms with E-state index >= 15 is 0 Å². The maximum atomic E-state index is 12.5. The molecule has 1 heterocycles. The van der Waals surface area contributed by atoms with Crippen LogP contribution < -0.4 is 4.74 Å². The van der Waals surface area contributed by atoms with Crippen LogP contribution in [0.1, 0.15) is 146 Å². The zero-order valence-electron chi connectivity index (χ0n) is 24.5. The summed E-state index contributed by atoms with van der Waals surface area (Å²) in [6.07, 6.45) is 27.7. The molecule has 2 aliphatic carbocycles. The fourth-order valence-electron chi connectivity index (χ4n) is 7.55. The van der Waals surface area contributed by atoms with Crippen LogP contribution in [0.5, 0.6) is 5.75 Å². The quantitative estimate of drug-likeness (QED) is 0.0937. The molecule has 0 bridgehead atoms. The van der Waals surface area contributed by atoms with E-state index in [1.807, 2.05) is 6.07 Å². The molecule has 2 fully saturated rings. The van der Waals surface area contributed by atoms with Gasteiger partial charge >= 0.3 is 5.97 Å². The van der Waals surface area contributed by atoms with Crippen LogP contribution in [0.4, 0.5) is 0 Å². The van der Waals surface area contributed by atoms with Crippen molar-refractivity contribution in [3.63, 3.8) is 0 Å². The first-order valence-electron chi connectivity index (χ1n) is 16.2. The number of ether oxygens (including phenoxy) is 2. The fourth-order valence-corrected chi connectivity index (χ4v) is 7.55. The van der Waals surface area contributed by atoms with E-state index in [2.05, 4.69) is 38.1 Å². The van der Waals surface area contributed by atoms with E-state index in [4.69, 9.17) is 9.47 Å².